The van der Waals surface area contributed by atoms with E-state index in [2.05, 4.69) is 10.0 Å². The third-order valence-corrected chi connectivity index (χ3v) is 6.69. The van der Waals surface area contributed by atoms with E-state index in [1.165, 1.54) is 12.1 Å². The van der Waals surface area contributed by atoms with Crippen molar-refractivity contribution in [1.29, 1.82) is 0 Å². The van der Waals surface area contributed by atoms with Gasteiger partial charge in [-0.15, -0.1) is 0 Å². The molecule has 32 heavy (non-hydrogen) atoms. The van der Waals surface area contributed by atoms with E-state index in [4.69, 9.17) is 16.3 Å². The largest absolute Gasteiger partial charge is 0.494 e. The molecule has 3 aromatic rings. The lowest BCUT2D eigenvalue weighted by Gasteiger charge is -2.20. The van der Waals surface area contributed by atoms with Crippen LogP contribution in [0.4, 0.5) is 0 Å². The molecule has 8 heteroatoms. The Balaban J connectivity index is 1.67. The van der Waals surface area contributed by atoms with E-state index in [-0.39, 0.29) is 34.8 Å². The summed E-state index contributed by atoms with van der Waals surface area (Å²) >= 11 is 5.98. The number of hydrogen-bond donors (Lipinski definition) is 2. The molecule has 0 bridgehead atoms. The quantitative estimate of drug-likeness (QED) is 0.460. The Kier molecular flexibility index (Phi) is 8.27. The van der Waals surface area contributed by atoms with Gasteiger partial charge in [0.15, 0.2) is 0 Å². The van der Waals surface area contributed by atoms with Crippen LogP contribution < -0.4 is 14.8 Å². The van der Waals surface area contributed by atoms with Crippen LogP contribution in [-0.2, 0) is 14.8 Å². The molecule has 6 nitrogen and oxygen atoms in total. The predicted molar refractivity (Wildman–Crippen MR) is 125 cm³/mol. The van der Waals surface area contributed by atoms with E-state index in [1.54, 1.807) is 12.1 Å². The van der Waals surface area contributed by atoms with Gasteiger partial charge in [-0.2, -0.15) is 0 Å². The maximum atomic E-state index is 12.7. The normalized spacial score (nSPS) is 12.2. The van der Waals surface area contributed by atoms with Crippen molar-refractivity contribution in [2.24, 2.45) is 0 Å². The zero-order valence-corrected chi connectivity index (χ0v) is 19.2. The number of sulfonamides is 1. The summed E-state index contributed by atoms with van der Waals surface area (Å²) in [5.74, 6) is 0.470. The molecule has 3 rings (SSSR count). The van der Waals surface area contributed by atoms with Crippen molar-refractivity contribution in [3.63, 3.8) is 0 Å². The number of ether oxygens (including phenoxy) is 1. The average molecular weight is 473 g/mol. The molecule has 0 spiro atoms. The van der Waals surface area contributed by atoms with E-state index in [0.717, 1.165) is 16.9 Å². The number of rotatable bonds is 10. The molecular weight excluding hydrogens is 448 g/mol. The minimum atomic E-state index is -3.81. The molecule has 0 aliphatic carbocycles. The Bertz CT molecular complexity index is 1140. The molecule has 0 fully saturated rings. The summed E-state index contributed by atoms with van der Waals surface area (Å²) in [5, 5.41) is 3.13. The number of benzene rings is 3. The summed E-state index contributed by atoms with van der Waals surface area (Å²) in [6.45, 7) is 2.44. The van der Waals surface area contributed by atoms with Crippen LogP contribution in [0.1, 0.15) is 30.5 Å². The Morgan fingerprint density at radius 1 is 0.938 bits per heavy atom. The highest BCUT2D eigenvalue weighted by Crippen LogP contribution is 2.24. The van der Waals surface area contributed by atoms with Gasteiger partial charge in [-0.25, -0.2) is 13.1 Å². The van der Waals surface area contributed by atoms with Gasteiger partial charge in [-0.3, -0.25) is 4.79 Å². The highest BCUT2D eigenvalue weighted by atomic mass is 35.5. The third kappa shape index (κ3) is 6.32. The van der Waals surface area contributed by atoms with Gasteiger partial charge in [0.25, 0.3) is 0 Å². The highest BCUT2D eigenvalue weighted by Gasteiger charge is 2.19. The molecule has 0 aliphatic heterocycles. The summed E-state index contributed by atoms with van der Waals surface area (Å²) in [6.07, 6.45) is -0.0238. The average Bonchev–Trinajstić information content (AvgIpc) is 2.79. The van der Waals surface area contributed by atoms with Gasteiger partial charge in [0.05, 0.1) is 17.7 Å². The second-order valence-electron chi connectivity index (χ2n) is 6.99. The summed E-state index contributed by atoms with van der Waals surface area (Å²) in [6, 6.07) is 22.9. The van der Waals surface area contributed by atoms with E-state index in [0.29, 0.717) is 6.61 Å². The van der Waals surface area contributed by atoms with Crippen molar-refractivity contribution < 1.29 is 17.9 Å². The summed E-state index contributed by atoms with van der Waals surface area (Å²) in [5.41, 5.74) is 1.81. The Hall–Kier alpha value is -2.87. The van der Waals surface area contributed by atoms with Gasteiger partial charge in [0.1, 0.15) is 10.6 Å². The number of hydrogen-bond acceptors (Lipinski definition) is 4. The number of carbonyl (C=O) groups is 1. The summed E-state index contributed by atoms with van der Waals surface area (Å²) in [4.78, 5) is 12.6. The second kappa shape index (κ2) is 11.1. The van der Waals surface area contributed by atoms with Crippen LogP contribution in [0, 0.1) is 0 Å². The van der Waals surface area contributed by atoms with Crippen LogP contribution >= 0.6 is 11.6 Å². The van der Waals surface area contributed by atoms with E-state index in [1.807, 2.05) is 61.5 Å². The molecule has 1 atom stereocenters. The number of halogens is 1. The highest BCUT2D eigenvalue weighted by molar-refractivity contribution is 7.89. The number of nitrogens with one attached hydrogen (secondary N) is 2. The van der Waals surface area contributed by atoms with Gasteiger partial charge in [0, 0.05) is 13.0 Å². The monoisotopic (exact) mass is 472 g/mol. The zero-order valence-electron chi connectivity index (χ0n) is 17.6. The standard InChI is InChI=1S/C24H25ClN2O4S/c1-2-31-20-14-12-19(13-15-20)24(18-8-4-3-5-9-18)27-23(28)16-17-26-32(29,30)22-11-7-6-10-21(22)25/h3-15,24,26H,2,16-17H2,1H3,(H,27,28). The zero-order chi connectivity index (χ0) is 23.0. The maximum Gasteiger partial charge on any atom is 0.242 e. The van der Waals surface area contributed by atoms with E-state index < -0.39 is 10.0 Å². The van der Waals surface area contributed by atoms with Crippen LogP contribution in [-0.4, -0.2) is 27.5 Å². The van der Waals surface area contributed by atoms with Gasteiger partial charge < -0.3 is 10.1 Å². The molecule has 0 aliphatic rings. The van der Waals surface area contributed by atoms with Crippen molar-refractivity contribution in [2.45, 2.75) is 24.3 Å². The molecule has 0 aromatic heterocycles. The van der Waals surface area contributed by atoms with Crippen molar-refractivity contribution in [3.05, 3.63) is 95.0 Å². The van der Waals surface area contributed by atoms with Crippen molar-refractivity contribution in [1.82, 2.24) is 10.0 Å². The first kappa shape index (κ1) is 23.8. The lowest BCUT2D eigenvalue weighted by molar-refractivity contribution is -0.121. The van der Waals surface area contributed by atoms with E-state index >= 15 is 0 Å². The first-order valence-electron chi connectivity index (χ1n) is 10.2. The molecule has 0 saturated carbocycles. The van der Waals surface area contributed by atoms with Gasteiger partial charge in [-0.1, -0.05) is 66.2 Å². The van der Waals surface area contributed by atoms with Crippen molar-refractivity contribution >= 4 is 27.5 Å². The number of carbonyl (C=O) groups excluding carboxylic acids is 1. The van der Waals surface area contributed by atoms with Crippen molar-refractivity contribution in [3.8, 4) is 5.75 Å². The van der Waals surface area contributed by atoms with Crippen LogP contribution in [0.3, 0.4) is 0 Å². The van der Waals surface area contributed by atoms with Crippen LogP contribution in [0.2, 0.25) is 5.02 Å². The molecular formula is C24H25ClN2O4S. The lowest BCUT2D eigenvalue weighted by Crippen LogP contribution is -2.33. The maximum absolute atomic E-state index is 12.7. The number of amides is 1. The fourth-order valence-electron chi connectivity index (χ4n) is 3.20. The molecule has 1 unspecified atom stereocenters. The summed E-state index contributed by atoms with van der Waals surface area (Å²) < 4.78 is 32.8. The second-order valence-corrected chi connectivity index (χ2v) is 9.13. The van der Waals surface area contributed by atoms with Gasteiger partial charge in [0.2, 0.25) is 15.9 Å². The molecule has 0 heterocycles. The van der Waals surface area contributed by atoms with Crippen LogP contribution in [0.15, 0.2) is 83.8 Å². The molecule has 1 amide bonds. The molecule has 0 saturated heterocycles. The minimum Gasteiger partial charge on any atom is -0.494 e. The topological polar surface area (TPSA) is 84.5 Å². The first-order valence-corrected chi connectivity index (χ1v) is 12.1. The smallest absolute Gasteiger partial charge is 0.242 e. The fraction of sp³-hybridized carbons (Fsp3) is 0.208. The molecule has 2 N–H and O–H groups in total. The molecule has 168 valence electrons. The summed E-state index contributed by atoms with van der Waals surface area (Å²) in [7, 11) is -3.81. The third-order valence-electron chi connectivity index (χ3n) is 4.73. The minimum absolute atomic E-state index is 0.0152. The Morgan fingerprint density at radius 3 is 2.22 bits per heavy atom. The van der Waals surface area contributed by atoms with Gasteiger partial charge in [-0.05, 0) is 42.3 Å². The molecule has 3 aromatic carbocycles. The lowest BCUT2D eigenvalue weighted by atomic mass is 9.98. The Morgan fingerprint density at radius 2 is 1.56 bits per heavy atom. The Labute approximate surface area is 193 Å². The van der Waals surface area contributed by atoms with E-state index in [9.17, 15) is 13.2 Å². The SMILES string of the molecule is CCOc1ccc(C(NC(=O)CCNS(=O)(=O)c2ccccc2Cl)c2ccccc2)cc1. The van der Waals surface area contributed by atoms with Crippen LogP contribution in [0.25, 0.3) is 0 Å². The molecule has 0 radical (unpaired) electrons. The predicted octanol–water partition coefficient (Wildman–Crippen LogP) is 4.31. The van der Waals surface area contributed by atoms with Gasteiger partial charge >= 0.3 is 0 Å². The van der Waals surface area contributed by atoms with Crippen LogP contribution in [0.5, 0.6) is 5.75 Å². The van der Waals surface area contributed by atoms with Crippen molar-refractivity contribution in [2.75, 3.05) is 13.2 Å². The fourth-order valence-corrected chi connectivity index (χ4v) is 4.75. The first-order chi connectivity index (χ1) is 15.4.